The lowest BCUT2D eigenvalue weighted by molar-refractivity contribution is -0.573. The number of nitrogens with two attached hydrogens (primary N) is 2. The number of aromatic nitrogens is 3. The molecule has 3 aliphatic carbocycles. The molecule has 1 unspecified atom stereocenters. The number of hydrogen-bond donors (Lipinski definition) is 3. The molecule has 0 saturated heterocycles. The molecule has 3 heterocycles. The molecule has 0 saturated carbocycles. The number of fused-ring (bicyclic) bond motifs is 1. The van der Waals surface area contributed by atoms with Gasteiger partial charge in [-0.05, 0) is 64.6 Å². The van der Waals surface area contributed by atoms with Gasteiger partial charge in [-0.15, -0.1) is 34.0 Å². The Bertz CT molecular complexity index is 3500. The smallest absolute Gasteiger partial charge is 0.273 e. The van der Waals surface area contributed by atoms with Crippen molar-refractivity contribution in [1.29, 1.82) is 0 Å². The van der Waals surface area contributed by atoms with Crippen molar-refractivity contribution in [3.8, 4) is 56.0 Å². The van der Waals surface area contributed by atoms with Crippen molar-refractivity contribution in [3.05, 3.63) is 235 Å². The first-order chi connectivity index (χ1) is 34.5. The lowest BCUT2D eigenvalue weighted by Gasteiger charge is -2.52. The van der Waals surface area contributed by atoms with E-state index in [9.17, 15) is 14.9 Å². The third kappa shape index (κ3) is 9.42. The van der Waals surface area contributed by atoms with Crippen LogP contribution in [-0.4, -0.2) is 25.8 Å². The Morgan fingerprint density at radius 1 is 0.577 bits per heavy atom. The molecule has 0 fully saturated rings. The van der Waals surface area contributed by atoms with Gasteiger partial charge in [0.1, 0.15) is 0 Å². The molecule has 1 atom stereocenters. The van der Waals surface area contributed by atoms with Crippen LogP contribution in [0.4, 0.5) is 15.4 Å². The number of thiazole rings is 3. The number of nitro groups is 1. The highest BCUT2D eigenvalue weighted by Crippen LogP contribution is 2.64. The number of carbonyl (C=O) groups is 1. The number of rotatable bonds is 8. The Hall–Kier alpha value is -7.62. The highest BCUT2D eigenvalue weighted by atomic mass is 79.9. The van der Waals surface area contributed by atoms with Crippen LogP contribution in [-0.2, 0) is 10.3 Å². The van der Waals surface area contributed by atoms with Gasteiger partial charge in [-0.1, -0.05) is 174 Å². The summed E-state index contributed by atoms with van der Waals surface area (Å²) in [5.74, 6) is -0.560. The van der Waals surface area contributed by atoms with Crippen LogP contribution in [0.25, 0.3) is 56.0 Å². The number of carbonyl (C=O) groups excluding carboxylic acids is 1. The lowest BCUT2D eigenvalue weighted by atomic mass is 9.49. The van der Waals surface area contributed by atoms with Crippen LogP contribution >= 0.6 is 49.9 Å². The predicted octanol–water partition coefficient (Wildman–Crippen LogP) is 14.7. The van der Waals surface area contributed by atoms with Crippen molar-refractivity contribution in [3.63, 3.8) is 0 Å². The Kier molecular flexibility index (Phi) is 13.3. The zero-order valence-corrected chi connectivity index (χ0v) is 42.1. The number of benzene rings is 7. The van der Waals surface area contributed by atoms with Gasteiger partial charge in [-0.2, -0.15) is 0 Å². The van der Waals surface area contributed by atoms with E-state index in [4.69, 9.17) is 16.5 Å². The summed E-state index contributed by atoms with van der Waals surface area (Å²) in [6.07, 6.45) is 0.0783. The van der Waals surface area contributed by atoms with E-state index in [1.807, 2.05) is 150 Å². The maximum atomic E-state index is 14.1. The van der Waals surface area contributed by atoms with Gasteiger partial charge in [0.05, 0.1) is 22.5 Å². The number of anilines is 3. The number of hydrogen-bond acceptors (Lipinski definition) is 11. The molecule has 7 aromatic carbocycles. The van der Waals surface area contributed by atoms with Crippen molar-refractivity contribution in [2.24, 2.45) is 5.41 Å². The standard InChI is InChI=1S/C33H25N3O3S.C15H12N2S.C9H7BrN2S/c1-32(20-33(36(38)39)26-16-7-5-14-24(26)29(32)25-15-6-8-17-27(25)33)30(37)35-31-34-28(19-40-31)23-13-9-12-22(18-23)21-10-3-2-4-11-21;16-15-17-14(10-18-15)13-8-4-7-12(9-13)11-5-2-1-3-6-11;10-7-3-1-2-6(4-7)8-5-13-9(11)12-8/h2-19,29H,20H2,1H3,(H,34,35,37);1-10H,(H2,16,17);1-5H,(H2,11,12). The average molecular weight is 1050 g/mol. The molecule has 350 valence electrons. The first-order valence-electron chi connectivity index (χ1n) is 22.6. The third-order valence-electron chi connectivity index (χ3n) is 12.9. The summed E-state index contributed by atoms with van der Waals surface area (Å²) in [6, 6.07) is 60.0. The molecule has 14 heteroatoms. The van der Waals surface area contributed by atoms with Crippen LogP contribution in [0.2, 0.25) is 0 Å². The van der Waals surface area contributed by atoms with Gasteiger partial charge in [0.25, 0.3) is 5.54 Å². The van der Waals surface area contributed by atoms with Gasteiger partial charge < -0.3 is 16.8 Å². The zero-order chi connectivity index (χ0) is 49.1. The predicted molar refractivity (Wildman–Crippen MR) is 294 cm³/mol. The largest absolute Gasteiger partial charge is 0.375 e. The van der Waals surface area contributed by atoms with E-state index in [0.717, 1.165) is 60.5 Å². The van der Waals surface area contributed by atoms with E-state index in [2.05, 4.69) is 85.8 Å². The first kappa shape index (κ1) is 47.1. The van der Waals surface area contributed by atoms with Gasteiger partial charge in [0.15, 0.2) is 15.4 Å². The fourth-order valence-corrected chi connectivity index (χ4v) is 12.0. The molecule has 10 nitrogen and oxygen atoms in total. The Labute approximate surface area is 431 Å². The molecular weight excluding hydrogens is 1010 g/mol. The second-order valence-corrected chi connectivity index (χ2v) is 20.9. The number of nitrogens with zero attached hydrogens (tertiary/aromatic N) is 4. The van der Waals surface area contributed by atoms with E-state index in [-0.39, 0.29) is 23.2 Å². The van der Waals surface area contributed by atoms with Crippen LogP contribution < -0.4 is 16.8 Å². The summed E-state index contributed by atoms with van der Waals surface area (Å²) in [7, 11) is 0. The Morgan fingerprint density at radius 3 is 1.48 bits per heavy atom. The molecule has 3 aliphatic rings. The first-order valence-corrected chi connectivity index (χ1v) is 26.0. The minimum absolute atomic E-state index is 0.0783. The van der Waals surface area contributed by atoms with Crippen molar-refractivity contribution in [2.45, 2.75) is 24.8 Å². The molecule has 1 amide bonds. The van der Waals surface area contributed by atoms with Gasteiger partial charge >= 0.3 is 0 Å². The molecule has 71 heavy (non-hydrogen) atoms. The van der Waals surface area contributed by atoms with Crippen LogP contribution in [0, 0.1) is 15.5 Å². The molecule has 0 radical (unpaired) electrons. The average Bonchev–Trinajstić information content (AvgIpc) is 4.19. The molecule has 10 aromatic rings. The SMILES string of the molecule is CC1(C(=O)Nc2nc(-c3cccc(-c4ccccc4)c3)cs2)CC2([N+](=O)[O-])c3ccccc3C1c1ccccc12.Nc1nc(-c2cccc(-c3ccccc3)c2)cs1.Nc1nc(-c2cccc(Br)c2)cs1. The lowest BCUT2D eigenvalue weighted by Crippen LogP contribution is -2.57. The Morgan fingerprint density at radius 2 is 1.00 bits per heavy atom. The summed E-state index contributed by atoms with van der Waals surface area (Å²) in [4.78, 5) is 40.0. The molecule has 0 aliphatic heterocycles. The number of halogens is 1. The van der Waals surface area contributed by atoms with E-state index >= 15 is 0 Å². The van der Waals surface area contributed by atoms with Crippen molar-refractivity contribution in [2.75, 3.05) is 16.8 Å². The highest BCUT2D eigenvalue weighted by Gasteiger charge is 2.67. The molecule has 3 aromatic heterocycles. The maximum absolute atomic E-state index is 14.1. The van der Waals surface area contributed by atoms with Crippen LogP contribution in [0.3, 0.4) is 0 Å². The van der Waals surface area contributed by atoms with Crippen molar-refractivity contribution < 1.29 is 9.72 Å². The fourth-order valence-electron chi connectivity index (χ4n) is 9.72. The second kappa shape index (κ2) is 20.0. The quantitative estimate of drug-likeness (QED) is 0.100. The molecule has 2 bridgehead atoms. The van der Waals surface area contributed by atoms with Gasteiger partial charge in [0, 0.05) is 65.7 Å². The van der Waals surface area contributed by atoms with Gasteiger partial charge in [0.2, 0.25) is 5.91 Å². The van der Waals surface area contributed by atoms with Gasteiger partial charge in [-0.25, -0.2) is 15.0 Å². The van der Waals surface area contributed by atoms with Crippen LogP contribution in [0.15, 0.2) is 203 Å². The maximum Gasteiger partial charge on any atom is 0.273 e. The van der Waals surface area contributed by atoms with Gasteiger partial charge in [-0.3, -0.25) is 14.9 Å². The summed E-state index contributed by atoms with van der Waals surface area (Å²) < 4.78 is 1.05. The summed E-state index contributed by atoms with van der Waals surface area (Å²) >= 11 is 7.69. The molecular formula is C57H44BrN7O3S3. The normalized spacial score (nSPS) is 17.1. The number of nitrogen functional groups attached to an aromatic ring is 2. The summed E-state index contributed by atoms with van der Waals surface area (Å²) in [5, 5.41) is 23.5. The molecule has 0 spiro atoms. The number of nitrogens with one attached hydrogen (secondary N) is 1. The molecule has 13 rings (SSSR count). The monoisotopic (exact) mass is 1050 g/mol. The Balaban J connectivity index is 0.000000153. The zero-order valence-electron chi connectivity index (χ0n) is 38.1. The van der Waals surface area contributed by atoms with Crippen molar-refractivity contribution >= 4 is 71.2 Å². The van der Waals surface area contributed by atoms with E-state index < -0.39 is 11.0 Å². The van der Waals surface area contributed by atoms with E-state index in [1.165, 1.54) is 45.1 Å². The number of amides is 1. The summed E-state index contributed by atoms with van der Waals surface area (Å²) in [5.41, 5.74) is 22.1. The summed E-state index contributed by atoms with van der Waals surface area (Å²) in [6.45, 7) is 1.86. The third-order valence-corrected chi connectivity index (χ3v) is 15.5. The van der Waals surface area contributed by atoms with Crippen LogP contribution in [0.1, 0.15) is 41.5 Å². The second-order valence-electron chi connectivity index (χ2n) is 17.4. The fraction of sp³-hybridized carbons (Fsp3) is 0.0877. The van der Waals surface area contributed by atoms with E-state index in [1.54, 1.807) is 0 Å². The minimum atomic E-state index is -1.49. The minimum Gasteiger partial charge on any atom is -0.375 e. The van der Waals surface area contributed by atoms with Crippen LogP contribution in [0.5, 0.6) is 0 Å². The van der Waals surface area contributed by atoms with E-state index in [0.29, 0.717) is 26.5 Å². The van der Waals surface area contributed by atoms with Crippen molar-refractivity contribution in [1.82, 2.24) is 15.0 Å². The topological polar surface area (TPSA) is 163 Å². The molecule has 5 N–H and O–H groups in total. The highest BCUT2D eigenvalue weighted by molar-refractivity contribution is 9.10.